The number of nitrogens with two attached hydrogens (primary N) is 1. The summed E-state index contributed by atoms with van der Waals surface area (Å²) in [4.78, 5) is 4.43. The summed E-state index contributed by atoms with van der Waals surface area (Å²) in [5, 5.41) is 9.62. The molecule has 1 aliphatic rings. The SMILES string of the molecule is CCc1nn(C)c2c1-c1cnc(N)c(c1)OCc1cc(C)ccc1-c1nn(C)cc1C2. The first-order chi connectivity index (χ1) is 14.9. The Labute approximate surface area is 181 Å². The number of ether oxygens (including phenoxy) is 1. The van der Waals surface area contributed by atoms with Gasteiger partial charge in [-0.2, -0.15) is 10.2 Å². The minimum absolute atomic E-state index is 0.386. The fraction of sp³-hybridized carbons (Fsp3) is 0.292. The summed E-state index contributed by atoms with van der Waals surface area (Å²) in [6.45, 7) is 4.60. The lowest BCUT2D eigenvalue weighted by molar-refractivity contribution is 0.307. The molecule has 0 spiro atoms. The second kappa shape index (κ2) is 7.27. The Morgan fingerprint density at radius 2 is 1.97 bits per heavy atom. The molecule has 0 saturated carbocycles. The number of fused-ring (bicyclic) bond motifs is 7. The van der Waals surface area contributed by atoms with Crippen LogP contribution in [0, 0.1) is 6.92 Å². The number of nitrogens with zero attached hydrogens (tertiary/aromatic N) is 5. The van der Waals surface area contributed by atoms with Gasteiger partial charge in [0.2, 0.25) is 0 Å². The third-order valence-electron chi connectivity index (χ3n) is 5.91. The van der Waals surface area contributed by atoms with Crippen molar-refractivity contribution in [2.24, 2.45) is 14.1 Å². The Hall–Kier alpha value is -3.61. The highest BCUT2D eigenvalue weighted by Gasteiger charge is 2.23. The van der Waals surface area contributed by atoms with Crippen LogP contribution in [0.1, 0.15) is 35.0 Å². The number of anilines is 1. The molecule has 1 aromatic carbocycles. The van der Waals surface area contributed by atoms with Gasteiger partial charge < -0.3 is 10.5 Å². The largest absolute Gasteiger partial charge is 0.485 e. The summed E-state index contributed by atoms with van der Waals surface area (Å²) in [7, 11) is 3.96. The van der Waals surface area contributed by atoms with Crippen molar-refractivity contribution in [3.8, 4) is 28.1 Å². The van der Waals surface area contributed by atoms with E-state index in [0.29, 0.717) is 18.2 Å². The van der Waals surface area contributed by atoms with Crippen molar-refractivity contribution in [3.63, 3.8) is 0 Å². The first-order valence-electron chi connectivity index (χ1n) is 10.5. The maximum absolute atomic E-state index is 6.20. The highest BCUT2D eigenvalue weighted by atomic mass is 16.5. The summed E-state index contributed by atoms with van der Waals surface area (Å²) >= 11 is 0. The zero-order valence-corrected chi connectivity index (χ0v) is 18.3. The van der Waals surface area contributed by atoms with E-state index in [9.17, 15) is 0 Å². The van der Waals surface area contributed by atoms with Gasteiger partial charge in [0.1, 0.15) is 6.61 Å². The maximum Gasteiger partial charge on any atom is 0.166 e. The zero-order valence-electron chi connectivity index (χ0n) is 18.3. The molecule has 1 aliphatic heterocycles. The van der Waals surface area contributed by atoms with Gasteiger partial charge in [0, 0.05) is 55.2 Å². The van der Waals surface area contributed by atoms with Crippen LogP contribution < -0.4 is 10.5 Å². The number of pyridine rings is 1. The Bertz CT molecular complexity index is 1300. The van der Waals surface area contributed by atoms with Crippen molar-refractivity contribution in [2.75, 3.05) is 5.73 Å². The topological polar surface area (TPSA) is 83.8 Å². The summed E-state index contributed by atoms with van der Waals surface area (Å²) in [6, 6.07) is 8.39. The minimum atomic E-state index is 0.386. The van der Waals surface area contributed by atoms with Gasteiger partial charge in [0.05, 0.1) is 17.1 Å². The van der Waals surface area contributed by atoms with E-state index in [1.807, 2.05) is 35.7 Å². The van der Waals surface area contributed by atoms with Gasteiger partial charge in [-0.3, -0.25) is 9.36 Å². The average Bonchev–Trinajstić information content (AvgIpc) is 3.26. The standard InChI is InChI=1S/C24H26N6O/c1-5-19-22-15-10-21(24(25)26-11-15)31-13-17-8-14(2)6-7-18(17)23-16(12-29(3)28-23)9-20(22)30(4)27-19/h6-8,10-12H,5,9,13H2,1-4H3,(H2,25,26). The Morgan fingerprint density at radius 3 is 2.77 bits per heavy atom. The molecule has 7 heteroatoms. The number of hydrogen-bond acceptors (Lipinski definition) is 5. The second-order valence-corrected chi connectivity index (χ2v) is 8.16. The monoisotopic (exact) mass is 414 g/mol. The lowest BCUT2D eigenvalue weighted by Crippen LogP contribution is -2.06. The summed E-state index contributed by atoms with van der Waals surface area (Å²) in [5.74, 6) is 0.973. The first-order valence-corrected chi connectivity index (χ1v) is 10.5. The highest BCUT2D eigenvalue weighted by Crippen LogP contribution is 2.36. The molecular weight excluding hydrogens is 388 g/mol. The first kappa shape index (κ1) is 19.4. The van der Waals surface area contributed by atoms with Crippen LogP contribution in [-0.4, -0.2) is 24.5 Å². The number of nitrogen functional groups attached to an aromatic ring is 1. The highest BCUT2D eigenvalue weighted by molar-refractivity contribution is 5.74. The van der Waals surface area contributed by atoms with Gasteiger partial charge in [-0.25, -0.2) is 4.98 Å². The number of hydrogen-bond donors (Lipinski definition) is 1. The predicted molar refractivity (Wildman–Crippen MR) is 121 cm³/mol. The minimum Gasteiger partial charge on any atom is -0.485 e. The van der Waals surface area contributed by atoms with E-state index in [2.05, 4.69) is 43.2 Å². The fourth-order valence-electron chi connectivity index (χ4n) is 4.41. The molecule has 2 N–H and O–H groups in total. The molecule has 4 heterocycles. The lowest BCUT2D eigenvalue weighted by Gasteiger charge is -2.16. The van der Waals surface area contributed by atoms with Crippen molar-refractivity contribution >= 4 is 5.82 Å². The quantitative estimate of drug-likeness (QED) is 0.512. The smallest absolute Gasteiger partial charge is 0.166 e. The third-order valence-corrected chi connectivity index (χ3v) is 5.91. The maximum atomic E-state index is 6.20. The number of aryl methyl sites for hydroxylation is 4. The van der Waals surface area contributed by atoms with Crippen LogP contribution >= 0.6 is 0 Å². The van der Waals surface area contributed by atoms with Gasteiger partial charge in [-0.05, 0) is 25.0 Å². The van der Waals surface area contributed by atoms with E-state index < -0.39 is 0 Å². The molecule has 0 unspecified atom stereocenters. The molecule has 0 saturated heterocycles. The third kappa shape index (κ3) is 3.26. The van der Waals surface area contributed by atoms with Crippen LogP contribution in [0.2, 0.25) is 0 Å². The van der Waals surface area contributed by atoms with Crippen molar-refractivity contribution in [1.29, 1.82) is 0 Å². The van der Waals surface area contributed by atoms with Crippen LogP contribution in [0.5, 0.6) is 5.75 Å². The van der Waals surface area contributed by atoms with Crippen LogP contribution in [0.4, 0.5) is 5.82 Å². The van der Waals surface area contributed by atoms with E-state index in [-0.39, 0.29) is 0 Å². The van der Waals surface area contributed by atoms with E-state index in [0.717, 1.165) is 57.7 Å². The molecule has 0 radical (unpaired) electrons. The molecule has 4 aromatic rings. The van der Waals surface area contributed by atoms with E-state index >= 15 is 0 Å². The van der Waals surface area contributed by atoms with Crippen LogP contribution in [0.25, 0.3) is 22.4 Å². The molecule has 0 aliphatic carbocycles. The van der Waals surface area contributed by atoms with Gasteiger partial charge in [-0.1, -0.05) is 30.7 Å². The van der Waals surface area contributed by atoms with Crippen molar-refractivity contribution in [3.05, 3.63) is 64.7 Å². The van der Waals surface area contributed by atoms with Crippen LogP contribution in [0.3, 0.4) is 0 Å². The lowest BCUT2D eigenvalue weighted by atomic mass is 9.95. The van der Waals surface area contributed by atoms with Gasteiger partial charge in [-0.15, -0.1) is 0 Å². The van der Waals surface area contributed by atoms with Crippen molar-refractivity contribution < 1.29 is 4.74 Å². The number of rotatable bonds is 1. The molecule has 3 aromatic heterocycles. The molecule has 0 amide bonds. The second-order valence-electron chi connectivity index (χ2n) is 8.16. The molecule has 2 bridgehead atoms. The van der Waals surface area contributed by atoms with Gasteiger partial charge in [0.25, 0.3) is 0 Å². The van der Waals surface area contributed by atoms with E-state index in [1.54, 1.807) is 0 Å². The molecule has 158 valence electrons. The zero-order chi connectivity index (χ0) is 21.7. The Kier molecular flexibility index (Phi) is 4.54. The van der Waals surface area contributed by atoms with E-state index in [4.69, 9.17) is 20.7 Å². The number of benzene rings is 1. The molecular formula is C24H26N6O. The normalized spacial score (nSPS) is 12.8. The van der Waals surface area contributed by atoms with Crippen LogP contribution in [-0.2, 0) is 33.5 Å². The predicted octanol–water partition coefficient (Wildman–Crippen LogP) is 3.82. The fourth-order valence-corrected chi connectivity index (χ4v) is 4.41. The van der Waals surface area contributed by atoms with Gasteiger partial charge in [0.15, 0.2) is 11.6 Å². The summed E-state index contributed by atoms with van der Waals surface area (Å²) < 4.78 is 10.1. The molecule has 31 heavy (non-hydrogen) atoms. The molecule has 5 rings (SSSR count). The molecule has 0 atom stereocenters. The Balaban J connectivity index is 1.81. The van der Waals surface area contributed by atoms with Crippen molar-refractivity contribution in [1.82, 2.24) is 24.5 Å². The van der Waals surface area contributed by atoms with Crippen LogP contribution in [0.15, 0.2) is 36.7 Å². The molecule has 0 fully saturated rings. The van der Waals surface area contributed by atoms with Crippen molar-refractivity contribution in [2.45, 2.75) is 33.3 Å². The Morgan fingerprint density at radius 1 is 1.13 bits per heavy atom. The van der Waals surface area contributed by atoms with E-state index in [1.165, 1.54) is 5.56 Å². The summed E-state index contributed by atoms with van der Waals surface area (Å²) in [5.41, 5.74) is 15.8. The summed E-state index contributed by atoms with van der Waals surface area (Å²) in [6.07, 6.45) is 5.46. The molecule has 7 nitrogen and oxygen atoms in total. The number of aromatic nitrogens is 5. The van der Waals surface area contributed by atoms with Gasteiger partial charge >= 0.3 is 0 Å². The average molecular weight is 415 g/mol.